The van der Waals surface area contributed by atoms with E-state index in [1.165, 1.54) is 23.3 Å². The van der Waals surface area contributed by atoms with E-state index in [0.717, 1.165) is 18.0 Å². The average Bonchev–Trinajstić information content (AvgIpc) is 3.11. The molecule has 120 valence electrons. The smallest absolute Gasteiger partial charge is 0.268 e. The molecule has 24 heavy (non-hydrogen) atoms. The van der Waals surface area contributed by atoms with Gasteiger partial charge >= 0.3 is 0 Å². The number of fused-ring (bicyclic) bond motifs is 1. The predicted molar refractivity (Wildman–Crippen MR) is 90.2 cm³/mol. The first-order valence-electron chi connectivity index (χ1n) is 7.67. The highest BCUT2D eigenvalue weighted by Crippen LogP contribution is 2.27. The molecule has 1 aliphatic heterocycles. The monoisotopic (exact) mass is 339 g/mol. The number of nitrogens with zero attached hydrogens (tertiary/aromatic N) is 3. The Morgan fingerprint density at radius 3 is 2.62 bits per heavy atom. The van der Waals surface area contributed by atoms with Gasteiger partial charge in [-0.25, -0.2) is 4.39 Å². The van der Waals surface area contributed by atoms with Crippen molar-refractivity contribution >= 4 is 17.4 Å². The Hall–Kier alpha value is -2.60. The molecule has 0 radical (unpaired) electrons. The molecule has 1 amide bonds. The van der Waals surface area contributed by atoms with Crippen molar-refractivity contribution in [2.45, 2.75) is 13.0 Å². The average molecular weight is 339 g/mol. The van der Waals surface area contributed by atoms with Gasteiger partial charge < -0.3 is 4.90 Å². The molecule has 1 aromatic heterocycles. The van der Waals surface area contributed by atoms with Gasteiger partial charge in [0.15, 0.2) is 0 Å². The van der Waals surface area contributed by atoms with E-state index in [-0.39, 0.29) is 11.7 Å². The summed E-state index contributed by atoms with van der Waals surface area (Å²) >= 11 is 1.09. The number of hydrogen-bond acceptors (Lipinski definition) is 4. The molecular formula is C18H14FN3OS. The predicted octanol–water partition coefficient (Wildman–Crippen LogP) is 3.54. The number of benzene rings is 2. The van der Waals surface area contributed by atoms with Crippen molar-refractivity contribution in [1.29, 1.82) is 0 Å². The van der Waals surface area contributed by atoms with E-state index in [1.54, 1.807) is 12.1 Å². The molecule has 0 saturated carbocycles. The summed E-state index contributed by atoms with van der Waals surface area (Å²) in [5.74, 6) is -0.388. The zero-order chi connectivity index (χ0) is 16.5. The molecule has 0 unspecified atom stereocenters. The van der Waals surface area contributed by atoms with E-state index >= 15 is 0 Å². The molecule has 0 spiro atoms. The third kappa shape index (κ3) is 2.69. The minimum absolute atomic E-state index is 0.0705. The molecule has 0 atom stereocenters. The number of amides is 1. The zero-order valence-corrected chi connectivity index (χ0v) is 13.6. The van der Waals surface area contributed by atoms with E-state index in [9.17, 15) is 9.18 Å². The lowest BCUT2D eigenvalue weighted by atomic mass is 9.99. The van der Waals surface area contributed by atoms with Gasteiger partial charge in [-0.05, 0) is 53.3 Å². The first-order valence-corrected chi connectivity index (χ1v) is 8.44. The van der Waals surface area contributed by atoms with Crippen LogP contribution in [-0.2, 0) is 13.0 Å². The van der Waals surface area contributed by atoms with E-state index < -0.39 is 0 Å². The molecule has 6 heteroatoms. The van der Waals surface area contributed by atoms with Crippen molar-refractivity contribution in [2.75, 3.05) is 6.54 Å². The third-order valence-electron chi connectivity index (χ3n) is 4.22. The molecule has 4 nitrogen and oxygen atoms in total. The first-order chi connectivity index (χ1) is 11.7. The third-order valence-corrected chi connectivity index (χ3v) is 4.93. The van der Waals surface area contributed by atoms with Crippen LogP contribution >= 0.6 is 11.5 Å². The van der Waals surface area contributed by atoms with Gasteiger partial charge in [0.2, 0.25) is 0 Å². The molecule has 0 fully saturated rings. The quantitative estimate of drug-likeness (QED) is 0.717. The van der Waals surface area contributed by atoms with Crippen LogP contribution in [-0.4, -0.2) is 26.9 Å². The fraction of sp³-hybridized carbons (Fsp3) is 0.167. The van der Waals surface area contributed by atoms with Crippen molar-refractivity contribution in [3.05, 3.63) is 70.4 Å². The summed E-state index contributed by atoms with van der Waals surface area (Å²) in [6.07, 6.45) is 0.847. The maximum atomic E-state index is 13.1. The van der Waals surface area contributed by atoms with Crippen molar-refractivity contribution in [3.63, 3.8) is 0 Å². The summed E-state index contributed by atoms with van der Waals surface area (Å²) < 4.78 is 17.0. The Labute approximate surface area is 142 Å². The Morgan fingerprint density at radius 2 is 1.83 bits per heavy atom. The molecule has 0 saturated heterocycles. The molecule has 1 aliphatic rings. The van der Waals surface area contributed by atoms with Gasteiger partial charge in [0.1, 0.15) is 16.4 Å². The molecule has 3 aromatic rings. The molecule has 0 N–H and O–H groups in total. The van der Waals surface area contributed by atoms with E-state index in [4.69, 9.17) is 0 Å². The lowest BCUT2D eigenvalue weighted by Gasteiger charge is -2.28. The van der Waals surface area contributed by atoms with Crippen LogP contribution in [0.25, 0.3) is 11.3 Å². The molecule has 0 bridgehead atoms. The minimum Gasteiger partial charge on any atom is -0.333 e. The fourth-order valence-electron chi connectivity index (χ4n) is 2.94. The topological polar surface area (TPSA) is 46.1 Å². The minimum atomic E-state index is -0.317. The van der Waals surface area contributed by atoms with Crippen molar-refractivity contribution in [3.8, 4) is 11.3 Å². The normalized spacial score (nSPS) is 13.6. The lowest BCUT2D eigenvalue weighted by molar-refractivity contribution is 0.0740. The van der Waals surface area contributed by atoms with Crippen LogP contribution in [0.2, 0.25) is 0 Å². The molecule has 2 aromatic carbocycles. The lowest BCUT2D eigenvalue weighted by Crippen LogP contribution is -2.35. The van der Waals surface area contributed by atoms with Crippen molar-refractivity contribution < 1.29 is 9.18 Å². The summed E-state index contributed by atoms with van der Waals surface area (Å²) in [6, 6.07) is 14.1. The Balaban J connectivity index is 1.62. The largest absolute Gasteiger partial charge is 0.333 e. The highest BCUT2D eigenvalue weighted by atomic mass is 32.1. The maximum Gasteiger partial charge on any atom is 0.268 e. The van der Waals surface area contributed by atoms with Crippen molar-refractivity contribution in [2.24, 2.45) is 0 Å². The summed E-state index contributed by atoms with van der Waals surface area (Å²) in [7, 11) is 0. The van der Waals surface area contributed by atoms with Crippen LogP contribution in [0.3, 0.4) is 0 Å². The summed E-state index contributed by atoms with van der Waals surface area (Å²) in [6.45, 7) is 1.27. The van der Waals surface area contributed by atoms with Crippen LogP contribution < -0.4 is 0 Å². The number of aromatic nitrogens is 2. The van der Waals surface area contributed by atoms with Gasteiger partial charge in [0.05, 0.1) is 0 Å². The van der Waals surface area contributed by atoms with Gasteiger partial charge in [0.25, 0.3) is 5.91 Å². The highest BCUT2D eigenvalue weighted by Gasteiger charge is 2.26. The van der Waals surface area contributed by atoms with Gasteiger partial charge in [-0.1, -0.05) is 28.8 Å². The number of carbonyl (C=O) groups excluding carboxylic acids is 1. The number of hydrogen-bond donors (Lipinski definition) is 0. The number of carbonyl (C=O) groups is 1. The van der Waals surface area contributed by atoms with Gasteiger partial charge in [0, 0.05) is 18.7 Å². The first kappa shape index (κ1) is 15.0. The van der Waals surface area contributed by atoms with Crippen LogP contribution in [0.1, 0.15) is 20.8 Å². The maximum absolute atomic E-state index is 13.1. The van der Waals surface area contributed by atoms with E-state index in [1.807, 2.05) is 17.0 Å². The highest BCUT2D eigenvalue weighted by molar-refractivity contribution is 7.08. The van der Waals surface area contributed by atoms with Gasteiger partial charge in [-0.15, -0.1) is 5.10 Å². The molecule has 2 heterocycles. The van der Waals surface area contributed by atoms with Gasteiger partial charge in [-0.3, -0.25) is 4.79 Å². The standard InChI is InChI=1S/C18H14FN3OS/c19-15-7-5-13(6-8-15)16-17(24-21-20-16)18(23)22-10-9-12-3-1-2-4-14(12)11-22/h1-8H,9-11H2. The Bertz CT molecular complexity index is 891. The fourth-order valence-corrected chi connectivity index (χ4v) is 3.60. The van der Waals surface area contributed by atoms with Gasteiger partial charge in [-0.2, -0.15) is 0 Å². The van der Waals surface area contributed by atoms with Crippen LogP contribution in [0.15, 0.2) is 48.5 Å². The molecular weight excluding hydrogens is 325 g/mol. The molecule has 0 aliphatic carbocycles. The van der Waals surface area contributed by atoms with Crippen LogP contribution in [0.5, 0.6) is 0 Å². The summed E-state index contributed by atoms with van der Waals surface area (Å²) in [5.41, 5.74) is 3.69. The second-order valence-electron chi connectivity index (χ2n) is 5.70. The van der Waals surface area contributed by atoms with Crippen molar-refractivity contribution in [1.82, 2.24) is 14.5 Å². The SMILES string of the molecule is O=C(c1snnc1-c1ccc(F)cc1)N1CCc2ccccc2C1. The summed E-state index contributed by atoms with van der Waals surface area (Å²) in [5, 5.41) is 4.07. The van der Waals surface area contributed by atoms with Crippen LogP contribution in [0, 0.1) is 5.82 Å². The molecule has 4 rings (SSSR count). The second-order valence-corrected chi connectivity index (χ2v) is 6.46. The van der Waals surface area contributed by atoms with Crippen LogP contribution in [0.4, 0.5) is 4.39 Å². The van der Waals surface area contributed by atoms with E-state index in [2.05, 4.69) is 21.7 Å². The number of halogens is 1. The second kappa shape index (κ2) is 6.13. The number of rotatable bonds is 2. The Kier molecular flexibility index (Phi) is 3.82. The summed E-state index contributed by atoms with van der Waals surface area (Å²) in [4.78, 5) is 15.2. The Morgan fingerprint density at radius 1 is 1.08 bits per heavy atom. The van der Waals surface area contributed by atoms with E-state index in [0.29, 0.717) is 29.2 Å². The zero-order valence-electron chi connectivity index (χ0n) is 12.8.